The van der Waals surface area contributed by atoms with E-state index in [0.29, 0.717) is 12.2 Å². The first kappa shape index (κ1) is 11.7. The van der Waals surface area contributed by atoms with E-state index in [4.69, 9.17) is 16.2 Å². The molecule has 1 unspecified atom stereocenters. The number of nitrogens with two attached hydrogens (primary N) is 2. The van der Waals surface area contributed by atoms with Crippen LogP contribution in [0.1, 0.15) is 12.5 Å². The molecule has 4 heteroatoms. The maximum atomic E-state index is 11.3. The third kappa shape index (κ3) is 2.55. The number of amides is 1. The van der Waals surface area contributed by atoms with Gasteiger partial charge in [0.25, 0.3) is 0 Å². The Kier molecular flexibility index (Phi) is 3.82. The minimum Gasteiger partial charge on any atom is -0.379 e. The van der Waals surface area contributed by atoms with Crippen LogP contribution in [0, 0.1) is 0 Å². The topological polar surface area (TPSA) is 78.3 Å². The molecule has 0 bridgehead atoms. The van der Waals surface area contributed by atoms with Crippen molar-refractivity contribution in [1.29, 1.82) is 0 Å². The standard InChI is InChI=1S/C11H16N2O2/c1-2-15-8-11(13,10(12)14)9-6-4-3-5-7-9/h3-7H,2,8,13H2,1H3,(H2,12,14). The van der Waals surface area contributed by atoms with Gasteiger partial charge in [-0.2, -0.15) is 0 Å². The Bertz CT molecular complexity index is 327. The summed E-state index contributed by atoms with van der Waals surface area (Å²) in [5, 5.41) is 0. The zero-order valence-electron chi connectivity index (χ0n) is 8.77. The van der Waals surface area contributed by atoms with E-state index in [9.17, 15) is 4.79 Å². The first-order chi connectivity index (χ1) is 7.11. The highest BCUT2D eigenvalue weighted by Crippen LogP contribution is 2.18. The second-order valence-electron chi connectivity index (χ2n) is 3.34. The molecule has 0 aromatic heterocycles. The summed E-state index contributed by atoms with van der Waals surface area (Å²) in [5.74, 6) is -0.581. The van der Waals surface area contributed by atoms with Gasteiger partial charge >= 0.3 is 0 Å². The number of hydrogen-bond acceptors (Lipinski definition) is 3. The highest BCUT2D eigenvalue weighted by atomic mass is 16.5. The SMILES string of the molecule is CCOCC(N)(C(N)=O)c1ccccc1. The molecule has 15 heavy (non-hydrogen) atoms. The van der Waals surface area contributed by atoms with Crippen molar-refractivity contribution >= 4 is 5.91 Å². The smallest absolute Gasteiger partial charge is 0.244 e. The number of primary amides is 1. The fourth-order valence-electron chi connectivity index (χ4n) is 1.30. The molecule has 0 heterocycles. The van der Waals surface area contributed by atoms with Crippen LogP contribution in [0.3, 0.4) is 0 Å². The summed E-state index contributed by atoms with van der Waals surface area (Å²) in [6.45, 7) is 2.44. The van der Waals surface area contributed by atoms with Crippen molar-refractivity contribution in [3.8, 4) is 0 Å². The molecule has 4 N–H and O–H groups in total. The summed E-state index contributed by atoms with van der Waals surface area (Å²) in [6.07, 6.45) is 0. The highest BCUT2D eigenvalue weighted by molar-refractivity contribution is 5.86. The molecular formula is C11H16N2O2. The van der Waals surface area contributed by atoms with Crippen LogP contribution in [0.2, 0.25) is 0 Å². The first-order valence-corrected chi connectivity index (χ1v) is 4.83. The molecule has 0 saturated carbocycles. The Morgan fingerprint density at radius 1 is 1.40 bits per heavy atom. The number of rotatable bonds is 5. The van der Waals surface area contributed by atoms with Crippen LogP contribution in [0.15, 0.2) is 30.3 Å². The van der Waals surface area contributed by atoms with E-state index in [1.54, 1.807) is 12.1 Å². The molecule has 1 rings (SSSR count). The predicted octanol–water partition coefficient (Wildman–Crippen LogP) is 0.362. The van der Waals surface area contributed by atoms with Crippen LogP contribution in [0.5, 0.6) is 0 Å². The van der Waals surface area contributed by atoms with Crippen molar-refractivity contribution in [1.82, 2.24) is 0 Å². The lowest BCUT2D eigenvalue weighted by Crippen LogP contribution is -2.52. The van der Waals surface area contributed by atoms with Crippen LogP contribution in [0.25, 0.3) is 0 Å². The summed E-state index contributed by atoms with van der Waals surface area (Å²) >= 11 is 0. The number of benzene rings is 1. The van der Waals surface area contributed by atoms with E-state index in [1.165, 1.54) is 0 Å². The van der Waals surface area contributed by atoms with Crippen molar-refractivity contribution in [3.63, 3.8) is 0 Å². The lowest BCUT2D eigenvalue weighted by atomic mass is 9.91. The van der Waals surface area contributed by atoms with Gasteiger partial charge in [-0.05, 0) is 12.5 Å². The van der Waals surface area contributed by atoms with E-state index in [0.717, 1.165) is 0 Å². The van der Waals surface area contributed by atoms with Gasteiger partial charge in [0, 0.05) is 6.61 Å². The molecule has 0 fully saturated rings. The lowest BCUT2D eigenvalue weighted by molar-refractivity contribution is -0.125. The molecule has 1 aromatic rings. The quantitative estimate of drug-likeness (QED) is 0.733. The van der Waals surface area contributed by atoms with Crippen molar-refractivity contribution in [2.45, 2.75) is 12.5 Å². The van der Waals surface area contributed by atoms with Crippen LogP contribution in [-0.4, -0.2) is 19.1 Å². The molecule has 1 amide bonds. The largest absolute Gasteiger partial charge is 0.379 e. The summed E-state index contributed by atoms with van der Waals surface area (Å²) < 4.78 is 5.19. The van der Waals surface area contributed by atoms with Crippen molar-refractivity contribution < 1.29 is 9.53 Å². The second kappa shape index (κ2) is 4.91. The minimum absolute atomic E-state index is 0.100. The van der Waals surface area contributed by atoms with E-state index < -0.39 is 11.4 Å². The first-order valence-electron chi connectivity index (χ1n) is 4.83. The normalized spacial score (nSPS) is 14.5. The molecule has 4 nitrogen and oxygen atoms in total. The third-order valence-electron chi connectivity index (χ3n) is 2.26. The Morgan fingerprint density at radius 3 is 2.47 bits per heavy atom. The number of carbonyl (C=O) groups excluding carboxylic acids is 1. The number of ether oxygens (including phenoxy) is 1. The fraction of sp³-hybridized carbons (Fsp3) is 0.364. The predicted molar refractivity (Wildman–Crippen MR) is 58.0 cm³/mol. The summed E-state index contributed by atoms with van der Waals surface area (Å²) in [6, 6.07) is 9.01. The molecule has 82 valence electrons. The zero-order valence-corrected chi connectivity index (χ0v) is 8.77. The molecule has 0 aliphatic carbocycles. The maximum Gasteiger partial charge on any atom is 0.244 e. The van der Waals surface area contributed by atoms with Gasteiger partial charge in [-0.1, -0.05) is 30.3 Å². The zero-order chi connectivity index (χ0) is 11.3. The number of carbonyl (C=O) groups is 1. The summed E-state index contributed by atoms with van der Waals surface area (Å²) in [5.41, 5.74) is 10.7. The lowest BCUT2D eigenvalue weighted by Gasteiger charge is -2.25. The maximum absolute atomic E-state index is 11.3. The van der Waals surface area contributed by atoms with Gasteiger partial charge in [0.15, 0.2) is 0 Å². The van der Waals surface area contributed by atoms with Crippen LogP contribution < -0.4 is 11.5 Å². The van der Waals surface area contributed by atoms with Gasteiger partial charge in [-0.25, -0.2) is 0 Å². The van der Waals surface area contributed by atoms with Crippen molar-refractivity contribution in [2.75, 3.05) is 13.2 Å². The Balaban J connectivity index is 2.96. The molecule has 0 spiro atoms. The van der Waals surface area contributed by atoms with Crippen molar-refractivity contribution in [2.24, 2.45) is 11.5 Å². The van der Waals surface area contributed by atoms with Gasteiger partial charge < -0.3 is 16.2 Å². The molecule has 0 radical (unpaired) electrons. The van der Waals surface area contributed by atoms with Crippen LogP contribution in [0.4, 0.5) is 0 Å². The van der Waals surface area contributed by atoms with Crippen molar-refractivity contribution in [3.05, 3.63) is 35.9 Å². The number of hydrogen-bond donors (Lipinski definition) is 2. The van der Waals surface area contributed by atoms with Gasteiger partial charge in [-0.3, -0.25) is 4.79 Å². The van der Waals surface area contributed by atoms with Gasteiger partial charge in [0.2, 0.25) is 5.91 Å². The van der Waals surface area contributed by atoms with Crippen LogP contribution in [-0.2, 0) is 15.1 Å². The van der Waals surface area contributed by atoms with E-state index >= 15 is 0 Å². The fourth-order valence-corrected chi connectivity index (χ4v) is 1.30. The van der Waals surface area contributed by atoms with E-state index in [-0.39, 0.29) is 6.61 Å². The molecule has 0 aliphatic rings. The monoisotopic (exact) mass is 208 g/mol. The Labute approximate surface area is 89.2 Å². The molecule has 1 atom stereocenters. The average Bonchev–Trinajstić information content (AvgIpc) is 2.27. The van der Waals surface area contributed by atoms with E-state index in [1.807, 2.05) is 25.1 Å². The summed E-state index contributed by atoms with van der Waals surface area (Å²) in [7, 11) is 0. The Hall–Kier alpha value is -1.39. The van der Waals surface area contributed by atoms with Gasteiger partial charge in [0.05, 0.1) is 6.61 Å². The van der Waals surface area contributed by atoms with Gasteiger partial charge in [0.1, 0.15) is 5.54 Å². The Morgan fingerprint density at radius 2 is 2.00 bits per heavy atom. The van der Waals surface area contributed by atoms with Crippen LogP contribution >= 0.6 is 0 Å². The average molecular weight is 208 g/mol. The molecule has 1 aromatic carbocycles. The van der Waals surface area contributed by atoms with Gasteiger partial charge in [-0.15, -0.1) is 0 Å². The third-order valence-corrected chi connectivity index (χ3v) is 2.26. The highest BCUT2D eigenvalue weighted by Gasteiger charge is 2.34. The second-order valence-corrected chi connectivity index (χ2v) is 3.34. The minimum atomic E-state index is -1.24. The molecule has 0 aliphatic heterocycles. The molecule has 0 saturated heterocycles. The van der Waals surface area contributed by atoms with E-state index in [2.05, 4.69) is 0 Å². The molecular weight excluding hydrogens is 192 g/mol. The summed E-state index contributed by atoms with van der Waals surface area (Å²) in [4.78, 5) is 11.3.